The van der Waals surface area contributed by atoms with E-state index in [9.17, 15) is 5.11 Å². The predicted molar refractivity (Wildman–Crippen MR) is 72.0 cm³/mol. The van der Waals surface area contributed by atoms with Crippen LogP contribution in [0.1, 0.15) is 62.7 Å². The lowest BCUT2D eigenvalue weighted by Crippen LogP contribution is -2.02. The lowest BCUT2D eigenvalue weighted by molar-refractivity contribution is 0.157. The van der Waals surface area contributed by atoms with Crippen molar-refractivity contribution in [3.05, 3.63) is 35.4 Å². The van der Waals surface area contributed by atoms with Crippen LogP contribution in [0.5, 0.6) is 0 Å². The van der Waals surface area contributed by atoms with E-state index in [1.807, 2.05) is 0 Å². The van der Waals surface area contributed by atoms with Gasteiger partial charge in [0.2, 0.25) is 0 Å². The molecule has 1 unspecified atom stereocenters. The highest BCUT2D eigenvalue weighted by atomic mass is 16.3. The van der Waals surface area contributed by atoms with Crippen molar-refractivity contribution in [1.29, 1.82) is 0 Å². The van der Waals surface area contributed by atoms with Crippen molar-refractivity contribution in [2.75, 3.05) is 0 Å². The minimum atomic E-state index is -0.262. The van der Waals surface area contributed by atoms with Crippen LogP contribution in [0.2, 0.25) is 0 Å². The summed E-state index contributed by atoms with van der Waals surface area (Å²) in [7, 11) is 0. The summed E-state index contributed by atoms with van der Waals surface area (Å²) < 4.78 is 0. The summed E-state index contributed by atoms with van der Waals surface area (Å²) in [5.74, 6) is 0.874. The Labute approximate surface area is 105 Å². The van der Waals surface area contributed by atoms with E-state index in [4.69, 9.17) is 0 Å². The van der Waals surface area contributed by atoms with Gasteiger partial charge in [-0.15, -0.1) is 0 Å². The highest BCUT2D eigenvalue weighted by molar-refractivity contribution is 5.25. The van der Waals surface area contributed by atoms with Gasteiger partial charge in [0.05, 0.1) is 6.10 Å². The molecule has 1 N–H and O–H groups in total. The molecule has 0 bridgehead atoms. The maximum absolute atomic E-state index is 10.2. The average molecular weight is 232 g/mol. The van der Waals surface area contributed by atoms with Gasteiger partial charge in [0.15, 0.2) is 0 Å². The summed E-state index contributed by atoms with van der Waals surface area (Å²) in [4.78, 5) is 0. The fourth-order valence-electron chi connectivity index (χ4n) is 2.88. The second-order valence-corrected chi connectivity index (χ2v) is 5.34. The minimum Gasteiger partial charge on any atom is -0.388 e. The van der Waals surface area contributed by atoms with Crippen molar-refractivity contribution in [3.63, 3.8) is 0 Å². The van der Waals surface area contributed by atoms with Crippen molar-refractivity contribution in [2.45, 2.75) is 58.0 Å². The van der Waals surface area contributed by atoms with Crippen LogP contribution < -0.4 is 0 Å². The van der Waals surface area contributed by atoms with Crippen LogP contribution >= 0.6 is 0 Å². The lowest BCUT2D eigenvalue weighted by atomic mass is 9.95. The van der Waals surface area contributed by atoms with E-state index in [1.165, 1.54) is 37.7 Å². The number of rotatable bonds is 5. The molecule has 1 aliphatic carbocycles. The maximum Gasteiger partial charge on any atom is 0.0790 e. The number of hydrogen-bond donors (Lipinski definition) is 1. The second kappa shape index (κ2) is 6.20. The third-order valence-electron chi connectivity index (χ3n) is 4.07. The molecule has 0 radical (unpaired) electrons. The third-order valence-corrected chi connectivity index (χ3v) is 4.07. The van der Waals surface area contributed by atoms with E-state index in [1.54, 1.807) is 0 Å². The van der Waals surface area contributed by atoms with E-state index in [-0.39, 0.29) is 6.10 Å². The van der Waals surface area contributed by atoms with Crippen LogP contribution in [0.4, 0.5) is 0 Å². The smallest absolute Gasteiger partial charge is 0.0790 e. The standard InChI is InChI=1S/C16H24O/c1-2-13-8-5-9-15(12-13)16(17)11-10-14-6-3-4-7-14/h5,8-9,12,14,16-17H,2-4,6-7,10-11H2,1H3. The lowest BCUT2D eigenvalue weighted by Gasteiger charge is -2.14. The van der Waals surface area contributed by atoms with Gasteiger partial charge in [-0.1, -0.05) is 56.9 Å². The van der Waals surface area contributed by atoms with Gasteiger partial charge < -0.3 is 5.11 Å². The molecule has 1 atom stereocenters. The van der Waals surface area contributed by atoms with E-state index in [2.05, 4.69) is 31.2 Å². The Morgan fingerprint density at radius 2 is 2.06 bits per heavy atom. The number of benzene rings is 1. The summed E-state index contributed by atoms with van der Waals surface area (Å²) in [5.41, 5.74) is 2.42. The quantitative estimate of drug-likeness (QED) is 0.804. The Balaban J connectivity index is 1.87. The van der Waals surface area contributed by atoms with E-state index in [0.717, 1.165) is 24.3 Å². The van der Waals surface area contributed by atoms with Crippen molar-refractivity contribution < 1.29 is 5.11 Å². The van der Waals surface area contributed by atoms with Crippen LogP contribution in [0.3, 0.4) is 0 Å². The zero-order valence-corrected chi connectivity index (χ0v) is 10.9. The number of aryl methyl sites for hydroxylation is 1. The molecule has 94 valence electrons. The monoisotopic (exact) mass is 232 g/mol. The van der Waals surface area contributed by atoms with Gasteiger partial charge in [-0.3, -0.25) is 0 Å². The first-order chi connectivity index (χ1) is 8.29. The van der Waals surface area contributed by atoms with Crippen LogP contribution in [-0.2, 0) is 6.42 Å². The first-order valence-electron chi connectivity index (χ1n) is 7.06. The number of aliphatic hydroxyl groups excluding tert-OH is 1. The van der Waals surface area contributed by atoms with Crippen LogP contribution in [0.25, 0.3) is 0 Å². The Morgan fingerprint density at radius 1 is 1.29 bits per heavy atom. The zero-order chi connectivity index (χ0) is 12.1. The highest BCUT2D eigenvalue weighted by Gasteiger charge is 2.17. The Morgan fingerprint density at radius 3 is 2.76 bits per heavy atom. The summed E-state index contributed by atoms with van der Waals surface area (Å²) >= 11 is 0. The topological polar surface area (TPSA) is 20.2 Å². The molecule has 17 heavy (non-hydrogen) atoms. The molecule has 1 fully saturated rings. The molecule has 0 aromatic heterocycles. The maximum atomic E-state index is 10.2. The van der Waals surface area contributed by atoms with Gasteiger partial charge in [0.25, 0.3) is 0 Å². The number of aliphatic hydroxyl groups is 1. The minimum absolute atomic E-state index is 0.262. The molecule has 1 aliphatic rings. The molecule has 1 aromatic carbocycles. The van der Waals surface area contributed by atoms with Crippen LogP contribution in [0.15, 0.2) is 24.3 Å². The van der Waals surface area contributed by atoms with Crippen molar-refractivity contribution >= 4 is 0 Å². The van der Waals surface area contributed by atoms with Crippen LogP contribution in [-0.4, -0.2) is 5.11 Å². The van der Waals surface area contributed by atoms with Crippen molar-refractivity contribution in [2.24, 2.45) is 5.92 Å². The molecule has 0 amide bonds. The van der Waals surface area contributed by atoms with E-state index in [0.29, 0.717) is 0 Å². The van der Waals surface area contributed by atoms with E-state index < -0.39 is 0 Å². The molecule has 1 saturated carbocycles. The first-order valence-corrected chi connectivity index (χ1v) is 7.06. The summed E-state index contributed by atoms with van der Waals surface area (Å²) in [6, 6.07) is 8.40. The summed E-state index contributed by atoms with van der Waals surface area (Å²) in [6.45, 7) is 2.16. The third kappa shape index (κ3) is 3.57. The fraction of sp³-hybridized carbons (Fsp3) is 0.625. The fourth-order valence-corrected chi connectivity index (χ4v) is 2.88. The molecule has 2 rings (SSSR count). The van der Waals surface area contributed by atoms with Gasteiger partial charge in [-0.2, -0.15) is 0 Å². The normalized spacial score (nSPS) is 18.5. The van der Waals surface area contributed by atoms with Gasteiger partial charge in [0, 0.05) is 0 Å². The Kier molecular flexibility index (Phi) is 4.61. The number of hydrogen-bond acceptors (Lipinski definition) is 1. The zero-order valence-electron chi connectivity index (χ0n) is 10.9. The van der Waals surface area contributed by atoms with E-state index >= 15 is 0 Å². The van der Waals surface area contributed by atoms with Gasteiger partial charge in [-0.25, -0.2) is 0 Å². The molecule has 1 aromatic rings. The molecular weight excluding hydrogens is 208 g/mol. The van der Waals surface area contributed by atoms with Crippen molar-refractivity contribution in [1.82, 2.24) is 0 Å². The first kappa shape index (κ1) is 12.6. The van der Waals surface area contributed by atoms with Crippen molar-refractivity contribution in [3.8, 4) is 0 Å². The Hall–Kier alpha value is -0.820. The molecule has 1 heteroatoms. The average Bonchev–Trinajstić information content (AvgIpc) is 2.89. The van der Waals surface area contributed by atoms with Gasteiger partial charge >= 0.3 is 0 Å². The molecule has 0 aliphatic heterocycles. The summed E-state index contributed by atoms with van der Waals surface area (Å²) in [6.07, 6.45) is 8.45. The molecule has 1 nitrogen and oxygen atoms in total. The molecule has 0 saturated heterocycles. The largest absolute Gasteiger partial charge is 0.388 e. The molecular formula is C16H24O. The predicted octanol–water partition coefficient (Wildman–Crippen LogP) is 4.25. The second-order valence-electron chi connectivity index (χ2n) is 5.34. The molecule has 0 heterocycles. The van der Waals surface area contributed by atoms with Crippen LogP contribution in [0, 0.1) is 5.92 Å². The van der Waals surface area contributed by atoms with Gasteiger partial charge in [-0.05, 0) is 36.3 Å². The van der Waals surface area contributed by atoms with Gasteiger partial charge in [0.1, 0.15) is 0 Å². The SMILES string of the molecule is CCc1cccc(C(O)CCC2CCCC2)c1. The Bertz CT molecular complexity index is 339. The summed E-state index contributed by atoms with van der Waals surface area (Å²) in [5, 5.41) is 10.2. The highest BCUT2D eigenvalue weighted by Crippen LogP contribution is 2.31. The molecule has 0 spiro atoms.